The van der Waals surface area contributed by atoms with E-state index in [0.29, 0.717) is 17.4 Å². The predicted molar refractivity (Wildman–Crippen MR) is 134 cm³/mol. The van der Waals surface area contributed by atoms with Gasteiger partial charge in [-0.1, -0.05) is 41.9 Å². The monoisotopic (exact) mass is 477 g/mol. The minimum atomic E-state index is -0.269. The number of amides is 1. The first-order valence-corrected chi connectivity index (χ1v) is 11.8. The minimum Gasteiger partial charge on any atom is -0.494 e. The molecule has 1 amide bonds. The maximum Gasteiger partial charge on any atom is 0.258 e. The van der Waals surface area contributed by atoms with Crippen molar-refractivity contribution >= 4 is 28.5 Å². The van der Waals surface area contributed by atoms with Gasteiger partial charge in [0.1, 0.15) is 17.3 Å². The van der Waals surface area contributed by atoms with Crippen LogP contribution in [0, 0.1) is 0 Å². The average molecular weight is 478 g/mol. The Labute approximate surface area is 204 Å². The van der Waals surface area contributed by atoms with Gasteiger partial charge >= 0.3 is 0 Å². The van der Waals surface area contributed by atoms with Gasteiger partial charge in [0.15, 0.2) is 6.61 Å². The number of halogens is 1. The van der Waals surface area contributed by atoms with E-state index in [-0.39, 0.29) is 18.6 Å². The Morgan fingerprint density at radius 2 is 1.65 bits per heavy atom. The molecule has 176 valence electrons. The Kier molecular flexibility index (Phi) is 8.04. The summed E-state index contributed by atoms with van der Waals surface area (Å²) in [5.41, 5.74) is 1.97. The summed E-state index contributed by atoms with van der Waals surface area (Å²) in [5, 5.41) is 3.63. The van der Waals surface area contributed by atoms with Crippen molar-refractivity contribution in [1.29, 1.82) is 0 Å². The van der Waals surface area contributed by atoms with Crippen molar-refractivity contribution in [3.05, 3.63) is 89.7 Å². The zero-order valence-electron chi connectivity index (χ0n) is 19.1. The first-order valence-electron chi connectivity index (χ1n) is 11.4. The molecule has 3 aromatic carbocycles. The number of imidazole rings is 1. The van der Waals surface area contributed by atoms with Crippen molar-refractivity contribution in [2.75, 3.05) is 13.2 Å². The van der Waals surface area contributed by atoms with E-state index in [9.17, 15) is 4.79 Å². The molecule has 0 saturated heterocycles. The van der Waals surface area contributed by atoms with Crippen molar-refractivity contribution in [2.45, 2.75) is 32.4 Å². The average Bonchev–Trinajstić information content (AvgIpc) is 3.23. The first kappa shape index (κ1) is 23.6. The van der Waals surface area contributed by atoms with E-state index in [4.69, 9.17) is 26.1 Å². The fourth-order valence-electron chi connectivity index (χ4n) is 3.77. The fraction of sp³-hybridized carbons (Fsp3) is 0.259. The quantitative estimate of drug-likeness (QED) is 0.277. The van der Waals surface area contributed by atoms with Gasteiger partial charge in [-0.3, -0.25) is 4.79 Å². The van der Waals surface area contributed by atoms with Crippen LogP contribution in [-0.2, 0) is 11.3 Å². The van der Waals surface area contributed by atoms with Gasteiger partial charge in [-0.05, 0) is 68.3 Å². The largest absolute Gasteiger partial charge is 0.494 e. The highest BCUT2D eigenvalue weighted by molar-refractivity contribution is 6.30. The Balaban J connectivity index is 1.35. The van der Waals surface area contributed by atoms with E-state index >= 15 is 0 Å². The van der Waals surface area contributed by atoms with E-state index in [2.05, 4.69) is 16.0 Å². The molecule has 0 saturated carbocycles. The minimum absolute atomic E-state index is 0.0803. The van der Waals surface area contributed by atoms with Crippen LogP contribution in [0.1, 0.15) is 31.6 Å². The summed E-state index contributed by atoms with van der Waals surface area (Å²) >= 11 is 5.89. The Morgan fingerprint density at radius 1 is 0.941 bits per heavy atom. The molecule has 0 aliphatic carbocycles. The number of para-hydroxylation sites is 3. The van der Waals surface area contributed by atoms with Crippen molar-refractivity contribution in [1.82, 2.24) is 14.9 Å². The number of carbonyl (C=O) groups excluding carboxylic acids is 1. The second-order valence-corrected chi connectivity index (χ2v) is 8.45. The molecule has 4 aromatic rings. The van der Waals surface area contributed by atoms with E-state index in [1.54, 1.807) is 24.3 Å². The molecule has 0 fully saturated rings. The Bertz CT molecular complexity index is 1210. The molecule has 0 radical (unpaired) electrons. The normalized spacial score (nSPS) is 11.8. The lowest BCUT2D eigenvalue weighted by molar-refractivity contribution is -0.123. The first-order chi connectivity index (χ1) is 16.6. The number of aryl methyl sites for hydroxylation is 1. The summed E-state index contributed by atoms with van der Waals surface area (Å²) in [6.07, 6.45) is 1.84. The van der Waals surface area contributed by atoms with Gasteiger partial charge in [-0.2, -0.15) is 0 Å². The molecule has 1 heterocycles. The number of benzene rings is 3. The highest BCUT2D eigenvalue weighted by Crippen LogP contribution is 2.22. The molecule has 0 aliphatic rings. The van der Waals surface area contributed by atoms with E-state index < -0.39 is 0 Å². The van der Waals surface area contributed by atoms with Gasteiger partial charge < -0.3 is 19.4 Å². The summed E-state index contributed by atoms with van der Waals surface area (Å²) < 4.78 is 13.6. The van der Waals surface area contributed by atoms with Gasteiger partial charge in [0.05, 0.1) is 23.7 Å². The molecule has 1 unspecified atom stereocenters. The van der Waals surface area contributed by atoms with Gasteiger partial charge in [0.25, 0.3) is 5.91 Å². The van der Waals surface area contributed by atoms with Gasteiger partial charge in [0, 0.05) is 11.6 Å². The molecule has 34 heavy (non-hydrogen) atoms. The number of hydrogen-bond donors (Lipinski definition) is 1. The molecule has 7 heteroatoms. The second-order valence-electron chi connectivity index (χ2n) is 8.01. The molecule has 1 atom stereocenters. The molecule has 0 aliphatic heterocycles. The van der Waals surface area contributed by atoms with Crippen LogP contribution in [-0.4, -0.2) is 28.7 Å². The molecule has 0 bridgehead atoms. The SMILES string of the molecule is CC(NC(=O)COc1ccc(Cl)cc1)c1nc2ccccc2n1CCCCOc1ccccc1. The summed E-state index contributed by atoms with van der Waals surface area (Å²) in [6, 6.07) is 24.5. The number of nitrogens with zero attached hydrogens (tertiary/aromatic N) is 2. The number of ether oxygens (including phenoxy) is 2. The summed E-state index contributed by atoms with van der Waals surface area (Å²) in [5.74, 6) is 2.09. The van der Waals surface area contributed by atoms with Crippen LogP contribution in [0.2, 0.25) is 5.02 Å². The van der Waals surface area contributed by atoms with Crippen LogP contribution < -0.4 is 14.8 Å². The van der Waals surface area contributed by atoms with Crippen LogP contribution in [0.15, 0.2) is 78.9 Å². The number of carbonyl (C=O) groups is 1. The zero-order valence-corrected chi connectivity index (χ0v) is 19.9. The molecule has 6 nitrogen and oxygen atoms in total. The van der Waals surface area contributed by atoms with Crippen LogP contribution in [0.3, 0.4) is 0 Å². The molecular weight excluding hydrogens is 450 g/mol. The van der Waals surface area contributed by atoms with E-state index in [0.717, 1.165) is 42.0 Å². The summed E-state index contributed by atoms with van der Waals surface area (Å²) in [7, 11) is 0. The number of aromatic nitrogens is 2. The highest BCUT2D eigenvalue weighted by atomic mass is 35.5. The number of unbranched alkanes of at least 4 members (excludes halogenated alkanes) is 1. The standard InChI is InChI=1S/C27H28ClN3O3/c1-20(29-26(32)19-34-23-15-13-21(28)14-16-23)27-30-24-11-5-6-12-25(24)31(27)17-7-8-18-33-22-9-3-2-4-10-22/h2-6,9-16,20H,7-8,17-19H2,1H3,(H,29,32). The van der Waals surface area contributed by atoms with Crippen molar-refractivity contribution in [2.24, 2.45) is 0 Å². The summed E-state index contributed by atoms with van der Waals surface area (Å²) in [6.45, 7) is 3.30. The van der Waals surface area contributed by atoms with Gasteiger partial charge in [0.2, 0.25) is 0 Å². The van der Waals surface area contributed by atoms with E-state index in [1.807, 2.05) is 55.5 Å². The molecule has 0 spiro atoms. The third-order valence-corrected chi connectivity index (χ3v) is 5.67. The maximum absolute atomic E-state index is 12.5. The maximum atomic E-state index is 12.5. The lowest BCUT2D eigenvalue weighted by Crippen LogP contribution is -2.32. The number of fused-ring (bicyclic) bond motifs is 1. The lowest BCUT2D eigenvalue weighted by atomic mass is 10.2. The van der Waals surface area contributed by atoms with Gasteiger partial charge in [-0.15, -0.1) is 0 Å². The van der Waals surface area contributed by atoms with Crippen molar-refractivity contribution in [3.63, 3.8) is 0 Å². The van der Waals surface area contributed by atoms with Crippen LogP contribution in [0.5, 0.6) is 11.5 Å². The second kappa shape index (κ2) is 11.6. The number of hydrogen-bond acceptors (Lipinski definition) is 4. The van der Waals surface area contributed by atoms with E-state index in [1.165, 1.54) is 0 Å². The van der Waals surface area contributed by atoms with Crippen LogP contribution in [0.4, 0.5) is 0 Å². The molecule has 1 aromatic heterocycles. The fourth-order valence-corrected chi connectivity index (χ4v) is 3.89. The molecule has 1 N–H and O–H groups in total. The highest BCUT2D eigenvalue weighted by Gasteiger charge is 2.18. The third-order valence-electron chi connectivity index (χ3n) is 5.42. The smallest absolute Gasteiger partial charge is 0.258 e. The van der Waals surface area contributed by atoms with Crippen LogP contribution in [0.25, 0.3) is 11.0 Å². The van der Waals surface area contributed by atoms with Crippen molar-refractivity contribution < 1.29 is 14.3 Å². The zero-order chi connectivity index (χ0) is 23.8. The topological polar surface area (TPSA) is 65.4 Å². The van der Waals surface area contributed by atoms with Crippen LogP contribution >= 0.6 is 11.6 Å². The lowest BCUT2D eigenvalue weighted by Gasteiger charge is -2.17. The third kappa shape index (κ3) is 6.29. The van der Waals surface area contributed by atoms with Crippen molar-refractivity contribution in [3.8, 4) is 11.5 Å². The Hall–Kier alpha value is -3.51. The van der Waals surface area contributed by atoms with Gasteiger partial charge in [-0.25, -0.2) is 4.98 Å². The Morgan fingerprint density at radius 3 is 2.44 bits per heavy atom. The number of nitrogens with one attached hydrogen (secondary N) is 1. The number of rotatable bonds is 11. The molecule has 4 rings (SSSR count). The summed E-state index contributed by atoms with van der Waals surface area (Å²) in [4.78, 5) is 17.3. The predicted octanol–water partition coefficient (Wildman–Crippen LogP) is 5.81. The molecular formula is C27H28ClN3O3.